The van der Waals surface area contributed by atoms with Gasteiger partial charge < -0.3 is 9.72 Å². The fourth-order valence-corrected chi connectivity index (χ4v) is 3.03. The summed E-state index contributed by atoms with van der Waals surface area (Å²) in [5.74, 6) is 0.635. The lowest BCUT2D eigenvalue weighted by molar-refractivity contribution is -0.121. The Labute approximate surface area is 148 Å². The third-order valence-electron chi connectivity index (χ3n) is 4.26. The molecule has 1 amide bonds. The lowest BCUT2D eigenvalue weighted by Crippen LogP contribution is -2.28. The normalized spacial score (nSPS) is 12.5. The molecule has 0 aliphatic heterocycles. The van der Waals surface area contributed by atoms with Gasteiger partial charge in [0.2, 0.25) is 5.91 Å². The highest BCUT2D eigenvalue weighted by Crippen LogP contribution is 2.16. The first-order valence-electron chi connectivity index (χ1n) is 8.82. The van der Waals surface area contributed by atoms with Gasteiger partial charge in [-0.15, -0.1) is 0 Å². The second-order valence-electron chi connectivity index (χ2n) is 7.00. The van der Waals surface area contributed by atoms with Crippen molar-refractivity contribution in [3.63, 3.8) is 0 Å². The maximum atomic E-state index is 12.3. The number of hydrogen-bond donors (Lipinski definition) is 1. The molecule has 2 aromatic heterocycles. The first-order chi connectivity index (χ1) is 12.0. The van der Waals surface area contributed by atoms with E-state index in [1.807, 2.05) is 41.9 Å². The lowest BCUT2D eigenvalue weighted by Gasteiger charge is -2.15. The monoisotopic (exact) mass is 335 g/mol. The molecule has 4 nitrogen and oxygen atoms in total. The molecule has 0 aliphatic carbocycles. The van der Waals surface area contributed by atoms with Gasteiger partial charge in [-0.05, 0) is 42.5 Å². The number of carbonyl (C=O) groups excluding carboxylic acids is 1. The molecule has 0 bridgehead atoms. The number of rotatable bonds is 6. The van der Waals surface area contributed by atoms with Crippen LogP contribution in [0.25, 0.3) is 5.65 Å². The summed E-state index contributed by atoms with van der Waals surface area (Å²) in [7, 11) is 0. The van der Waals surface area contributed by atoms with E-state index in [0.29, 0.717) is 5.92 Å². The van der Waals surface area contributed by atoms with Crippen LogP contribution in [0.1, 0.15) is 43.6 Å². The zero-order valence-electron chi connectivity index (χ0n) is 15.1. The van der Waals surface area contributed by atoms with Crippen LogP contribution in [0.3, 0.4) is 0 Å². The highest BCUT2D eigenvalue weighted by molar-refractivity contribution is 5.78. The van der Waals surface area contributed by atoms with Gasteiger partial charge in [-0.2, -0.15) is 0 Å². The zero-order chi connectivity index (χ0) is 17.8. The van der Waals surface area contributed by atoms with Gasteiger partial charge in [-0.1, -0.05) is 44.2 Å². The summed E-state index contributed by atoms with van der Waals surface area (Å²) < 4.78 is 1.93. The summed E-state index contributed by atoms with van der Waals surface area (Å²) in [4.78, 5) is 16.8. The minimum atomic E-state index is -0.0161. The Morgan fingerprint density at radius 2 is 1.88 bits per heavy atom. The minimum Gasteiger partial charge on any atom is -0.349 e. The predicted molar refractivity (Wildman–Crippen MR) is 100 cm³/mol. The highest BCUT2D eigenvalue weighted by atomic mass is 16.1. The van der Waals surface area contributed by atoms with Crippen molar-refractivity contribution >= 4 is 11.6 Å². The average molecular weight is 335 g/mol. The Bertz CT molecular complexity index is 816. The first-order valence-corrected chi connectivity index (χ1v) is 8.82. The van der Waals surface area contributed by atoms with E-state index in [4.69, 9.17) is 0 Å². The molecule has 0 fully saturated rings. The quantitative estimate of drug-likeness (QED) is 0.741. The van der Waals surface area contributed by atoms with Crippen LogP contribution in [0, 0.1) is 5.92 Å². The molecule has 4 heteroatoms. The van der Waals surface area contributed by atoms with Crippen LogP contribution >= 0.6 is 0 Å². The Balaban J connectivity index is 1.60. The largest absolute Gasteiger partial charge is 0.349 e. The van der Waals surface area contributed by atoms with Crippen LogP contribution in [0.15, 0.2) is 54.9 Å². The first kappa shape index (κ1) is 17.2. The molecule has 130 valence electrons. The van der Waals surface area contributed by atoms with Crippen molar-refractivity contribution < 1.29 is 4.79 Å². The molecule has 2 heterocycles. The van der Waals surface area contributed by atoms with Gasteiger partial charge in [0.05, 0.1) is 18.2 Å². The molecular weight excluding hydrogens is 310 g/mol. The maximum Gasteiger partial charge on any atom is 0.226 e. The summed E-state index contributed by atoms with van der Waals surface area (Å²) in [5, 5.41) is 3.06. The predicted octanol–water partition coefficient (Wildman–Crippen LogP) is 3.95. The van der Waals surface area contributed by atoms with E-state index >= 15 is 0 Å². The van der Waals surface area contributed by atoms with Crippen molar-refractivity contribution in [1.29, 1.82) is 0 Å². The number of nitrogens with zero attached hydrogens (tertiary/aromatic N) is 2. The summed E-state index contributed by atoms with van der Waals surface area (Å²) in [5.41, 5.74) is 4.10. The second-order valence-corrected chi connectivity index (χ2v) is 7.00. The molecule has 1 unspecified atom stereocenters. The highest BCUT2D eigenvalue weighted by Gasteiger charge is 2.12. The van der Waals surface area contributed by atoms with E-state index in [0.717, 1.165) is 23.3 Å². The molecule has 0 saturated heterocycles. The fourth-order valence-electron chi connectivity index (χ4n) is 3.03. The van der Waals surface area contributed by atoms with Crippen LogP contribution in [0.2, 0.25) is 0 Å². The maximum absolute atomic E-state index is 12.3. The molecule has 1 aromatic carbocycles. The number of carbonyl (C=O) groups is 1. The van der Waals surface area contributed by atoms with Crippen LogP contribution in [-0.4, -0.2) is 15.3 Å². The molecule has 0 aliphatic rings. The van der Waals surface area contributed by atoms with E-state index in [9.17, 15) is 4.79 Å². The van der Waals surface area contributed by atoms with Crippen molar-refractivity contribution in [3.8, 4) is 0 Å². The Morgan fingerprint density at radius 3 is 2.56 bits per heavy atom. The SMILES string of the molecule is CC(C)Cc1ccc(C(C)NC(=O)Cc2cn3ccccc3n2)cc1. The van der Waals surface area contributed by atoms with E-state index in [1.54, 1.807) is 0 Å². The summed E-state index contributed by atoms with van der Waals surface area (Å²) in [6, 6.07) is 14.3. The van der Waals surface area contributed by atoms with Crippen molar-refractivity contribution in [1.82, 2.24) is 14.7 Å². The van der Waals surface area contributed by atoms with Crippen LogP contribution in [-0.2, 0) is 17.6 Å². The molecular formula is C21H25N3O. The third-order valence-corrected chi connectivity index (χ3v) is 4.26. The molecule has 0 saturated carbocycles. The van der Waals surface area contributed by atoms with Gasteiger partial charge >= 0.3 is 0 Å². The second kappa shape index (κ2) is 7.51. The lowest BCUT2D eigenvalue weighted by atomic mass is 10.00. The van der Waals surface area contributed by atoms with Gasteiger partial charge in [0.15, 0.2) is 0 Å². The van der Waals surface area contributed by atoms with Gasteiger partial charge in [0.25, 0.3) is 0 Å². The number of amides is 1. The Kier molecular flexibility index (Phi) is 5.17. The molecule has 25 heavy (non-hydrogen) atoms. The summed E-state index contributed by atoms with van der Waals surface area (Å²) in [6.45, 7) is 6.45. The minimum absolute atomic E-state index is 0.0119. The number of aromatic nitrogens is 2. The van der Waals surface area contributed by atoms with Gasteiger partial charge in [0.1, 0.15) is 5.65 Å². The summed E-state index contributed by atoms with van der Waals surface area (Å²) >= 11 is 0. The third kappa shape index (κ3) is 4.47. The van der Waals surface area contributed by atoms with Gasteiger partial charge in [-0.3, -0.25) is 4.79 Å². The van der Waals surface area contributed by atoms with E-state index < -0.39 is 0 Å². The number of imidazole rings is 1. The van der Waals surface area contributed by atoms with E-state index in [1.165, 1.54) is 5.56 Å². The Hall–Kier alpha value is -2.62. The molecule has 3 aromatic rings. The van der Waals surface area contributed by atoms with E-state index in [2.05, 4.69) is 48.4 Å². The number of benzene rings is 1. The van der Waals surface area contributed by atoms with E-state index in [-0.39, 0.29) is 18.4 Å². The van der Waals surface area contributed by atoms with Crippen molar-refractivity contribution in [2.45, 2.75) is 39.7 Å². The number of nitrogens with one attached hydrogen (secondary N) is 1. The average Bonchev–Trinajstić information content (AvgIpc) is 2.96. The van der Waals surface area contributed by atoms with Crippen LogP contribution in [0.5, 0.6) is 0 Å². The summed E-state index contributed by atoms with van der Waals surface area (Å²) in [6.07, 6.45) is 5.21. The molecule has 0 radical (unpaired) electrons. The number of pyridine rings is 1. The molecule has 1 N–H and O–H groups in total. The smallest absolute Gasteiger partial charge is 0.226 e. The standard InChI is InChI=1S/C21H25N3O/c1-15(2)12-17-7-9-18(10-8-17)16(3)22-21(25)13-19-14-24-11-5-4-6-20(24)23-19/h4-11,14-16H,12-13H2,1-3H3,(H,22,25). The number of fused-ring (bicyclic) bond motifs is 1. The Morgan fingerprint density at radius 1 is 1.12 bits per heavy atom. The van der Waals surface area contributed by atoms with Crippen molar-refractivity contribution in [2.24, 2.45) is 5.92 Å². The fraction of sp³-hybridized carbons (Fsp3) is 0.333. The van der Waals surface area contributed by atoms with Crippen LogP contribution in [0.4, 0.5) is 0 Å². The van der Waals surface area contributed by atoms with Gasteiger partial charge in [0, 0.05) is 12.4 Å². The zero-order valence-corrected chi connectivity index (χ0v) is 15.1. The van der Waals surface area contributed by atoms with Gasteiger partial charge in [-0.25, -0.2) is 4.98 Å². The number of hydrogen-bond acceptors (Lipinski definition) is 2. The molecule has 1 atom stereocenters. The van der Waals surface area contributed by atoms with Crippen LogP contribution < -0.4 is 5.32 Å². The van der Waals surface area contributed by atoms with Crippen molar-refractivity contribution in [2.75, 3.05) is 0 Å². The molecule has 3 rings (SSSR count). The molecule has 0 spiro atoms. The topological polar surface area (TPSA) is 46.4 Å². The van der Waals surface area contributed by atoms with Crippen molar-refractivity contribution in [3.05, 3.63) is 71.7 Å².